The molecule has 0 aromatic heterocycles. The summed E-state index contributed by atoms with van der Waals surface area (Å²) in [4.78, 5) is 11.7. The lowest BCUT2D eigenvalue weighted by molar-refractivity contribution is -0.160. The number of ether oxygens (including phenoxy) is 2. The Balaban J connectivity index is 3.21. The number of hydrogen-bond donors (Lipinski definition) is 1. The molecule has 2 atom stereocenters. The van der Waals surface area contributed by atoms with Gasteiger partial charge in [-0.15, -0.1) is 0 Å². The Morgan fingerprint density at radius 2 is 2.11 bits per heavy atom. The molecule has 1 unspecified atom stereocenters. The molecule has 0 amide bonds. The summed E-state index contributed by atoms with van der Waals surface area (Å²) >= 11 is 0. The summed E-state index contributed by atoms with van der Waals surface area (Å²) in [5.74, 6) is -1.53. The van der Waals surface area contributed by atoms with Crippen molar-refractivity contribution in [3.63, 3.8) is 0 Å². The van der Waals surface area contributed by atoms with Crippen molar-refractivity contribution in [1.82, 2.24) is 0 Å². The van der Waals surface area contributed by atoms with Crippen LogP contribution in [0.5, 0.6) is 0 Å². The highest BCUT2D eigenvalue weighted by Crippen LogP contribution is 2.28. The van der Waals surface area contributed by atoms with Crippen molar-refractivity contribution in [3.05, 3.63) is 35.6 Å². The van der Waals surface area contributed by atoms with Crippen LogP contribution in [0.25, 0.3) is 0 Å². The minimum Gasteiger partial charge on any atom is -0.464 e. The van der Waals surface area contributed by atoms with E-state index in [4.69, 9.17) is 15.2 Å². The minimum absolute atomic E-state index is 0.0956. The zero-order valence-corrected chi connectivity index (χ0v) is 10.9. The quantitative estimate of drug-likeness (QED) is 0.798. The highest BCUT2D eigenvalue weighted by molar-refractivity contribution is 5.77. The van der Waals surface area contributed by atoms with Crippen LogP contribution >= 0.6 is 0 Å². The van der Waals surface area contributed by atoms with E-state index in [1.54, 1.807) is 6.92 Å². The van der Waals surface area contributed by atoms with E-state index in [-0.39, 0.29) is 12.2 Å². The van der Waals surface area contributed by atoms with Gasteiger partial charge in [-0.2, -0.15) is 0 Å². The molecule has 0 saturated heterocycles. The minimum atomic E-state index is -1.92. The molecule has 0 radical (unpaired) electrons. The van der Waals surface area contributed by atoms with Crippen molar-refractivity contribution in [2.24, 2.45) is 5.73 Å². The van der Waals surface area contributed by atoms with Crippen LogP contribution in [-0.2, 0) is 19.8 Å². The molecule has 6 heteroatoms. The van der Waals surface area contributed by atoms with Crippen LogP contribution < -0.4 is 5.73 Å². The molecule has 19 heavy (non-hydrogen) atoms. The maximum Gasteiger partial charge on any atom is 0.337 e. The molecule has 0 fully saturated rings. The number of carbonyl (C=O) groups is 1. The average molecular weight is 273 g/mol. The molecule has 0 aliphatic rings. The predicted octanol–water partition coefficient (Wildman–Crippen LogP) is 1.53. The summed E-state index contributed by atoms with van der Waals surface area (Å²) in [5.41, 5.74) is 3.81. The van der Waals surface area contributed by atoms with Crippen molar-refractivity contribution in [2.45, 2.75) is 18.6 Å². The molecule has 1 aromatic carbocycles. The Bertz CT molecular complexity index is 442. The fourth-order valence-corrected chi connectivity index (χ4v) is 1.86. The second-order valence-electron chi connectivity index (χ2n) is 4.02. The van der Waals surface area contributed by atoms with E-state index in [9.17, 15) is 13.6 Å². The maximum absolute atomic E-state index is 13.8. The summed E-state index contributed by atoms with van der Waals surface area (Å²) < 4.78 is 36.8. The van der Waals surface area contributed by atoms with Gasteiger partial charge in [0.15, 0.2) is 6.10 Å². The van der Waals surface area contributed by atoms with Gasteiger partial charge in [0.1, 0.15) is 18.0 Å². The van der Waals surface area contributed by atoms with Crippen molar-refractivity contribution in [2.75, 3.05) is 20.4 Å². The third-order valence-electron chi connectivity index (χ3n) is 2.80. The van der Waals surface area contributed by atoms with Gasteiger partial charge in [0.25, 0.3) is 0 Å². The van der Waals surface area contributed by atoms with E-state index in [1.165, 1.54) is 25.3 Å². The van der Waals surface area contributed by atoms with Crippen LogP contribution in [-0.4, -0.2) is 32.5 Å². The molecule has 0 bridgehead atoms. The Hall–Kier alpha value is -1.53. The van der Waals surface area contributed by atoms with E-state index < -0.39 is 30.1 Å². The first-order valence-electron chi connectivity index (χ1n) is 5.80. The number of carbonyl (C=O) groups excluding carboxylic acids is 1. The fourth-order valence-electron chi connectivity index (χ4n) is 1.86. The molecule has 0 aliphatic heterocycles. The topological polar surface area (TPSA) is 61.5 Å². The number of nitrogens with two attached hydrogens (primary N) is 1. The monoisotopic (exact) mass is 273 g/mol. The lowest BCUT2D eigenvalue weighted by Gasteiger charge is -2.33. The average Bonchev–Trinajstić information content (AvgIpc) is 2.40. The largest absolute Gasteiger partial charge is 0.464 e. The predicted molar refractivity (Wildman–Crippen MR) is 65.7 cm³/mol. The van der Waals surface area contributed by atoms with Gasteiger partial charge in [-0.05, 0) is 13.0 Å². The van der Waals surface area contributed by atoms with Gasteiger partial charge >= 0.3 is 5.97 Å². The molecule has 0 aliphatic carbocycles. The fraction of sp³-hybridized carbons (Fsp3) is 0.462. The van der Waals surface area contributed by atoms with Crippen molar-refractivity contribution < 1.29 is 23.0 Å². The van der Waals surface area contributed by atoms with E-state index in [1.807, 2.05) is 0 Å². The van der Waals surface area contributed by atoms with E-state index in [2.05, 4.69) is 0 Å². The van der Waals surface area contributed by atoms with Gasteiger partial charge < -0.3 is 15.2 Å². The third kappa shape index (κ3) is 3.08. The van der Waals surface area contributed by atoms with Gasteiger partial charge in [-0.1, -0.05) is 18.2 Å². The number of esters is 1. The van der Waals surface area contributed by atoms with Gasteiger partial charge in [-0.3, -0.25) is 0 Å². The van der Waals surface area contributed by atoms with Crippen molar-refractivity contribution >= 4 is 5.97 Å². The summed E-state index contributed by atoms with van der Waals surface area (Å²) in [6.45, 7) is 0.533. The number of hydrogen-bond acceptors (Lipinski definition) is 4. The second-order valence-corrected chi connectivity index (χ2v) is 4.02. The van der Waals surface area contributed by atoms with Crippen LogP contribution in [0, 0.1) is 5.82 Å². The Labute approximate surface area is 110 Å². The van der Waals surface area contributed by atoms with Crippen LogP contribution in [0.4, 0.5) is 8.78 Å². The summed E-state index contributed by atoms with van der Waals surface area (Å²) in [7, 11) is 1.19. The highest BCUT2D eigenvalue weighted by Gasteiger charge is 2.44. The third-order valence-corrected chi connectivity index (χ3v) is 2.80. The smallest absolute Gasteiger partial charge is 0.337 e. The standard InChI is InChI=1S/C13H17F2NO3/c1-3-19-12(17)11(18-2)13(16,8-14)9-6-4-5-7-10(9)15/h4-7,11H,3,8,16H2,1-2H3/t11?,13-/m1/s1. The number of methoxy groups -OCH3 is 1. The van der Waals surface area contributed by atoms with Crippen LogP contribution in [0.1, 0.15) is 12.5 Å². The first-order valence-corrected chi connectivity index (χ1v) is 5.80. The highest BCUT2D eigenvalue weighted by atomic mass is 19.1. The number of rotatable bonds is 6. The van der Waals surface area contributed by atoms with Gasteiger partial charge in [0.2, 0.25) is 0 Å². The lowest BCUT2D eigenvalue weighted by atomic mass is 9.86. The van der Waals surface area contributed by atoms with E-state index in [0.29, 0.717) is 0 Å². The number of halogens is 2. The first kappa shape index (κ1) is 15.5. The van der Waals surface area contributed by atoms with Crippen LogP contribution in [0.2, 0.25) is 0 Å². The van der Waals surface area contributed by atoms with Gasteiger partial charge in [0, 0.05) is 12.7 Å². The number of benzene rings is 1. The lowest BCUT2D eigenvalue weighted by Crippen LogP contribution is -2.55. The molecule has 2 N–H and O–H groups in total. The zero-order chi connectivity index (χ0) is 14.5. The normalized spacial score (nSPS) is 15.6. The summed E-state index contributed by atoms with van der Waals surface area (Å²) in [6.07, 6.45) is -1.42. The van der Waals surface area contributed by atoms with Gasteiger partial charge in [-0.25, -0.2) is 13.6 Å². The molecule has 0 spiro atoms. The number of alkyl halides is 1. The maximum atomic E-state index is 13.8. The van der Waals surface area contributed by atoms with Crippen molar-refractivity contribution in [1.29, 1.82) is 0 Å². The molecule has 0 heterocycles. The summed E-state index contributed by atoms with van der Waals surface area (Å²) in [6, 6.07) is 5.42. The summed E-state index contributed by atoms with van der Waals surface area (Å²) in [5, 5.41) is 0. The Morgan fingerprint density at radius 3 is 2.58 bits per heavy atom. The SMILES string of the molecule is CCOC(=O)C(OC)[C@@](N)(CF)c1ccccc1F. The molecule has 0 saturated carbocycles. The Kier molecular flexibility index (Phi) is 5.38. The van der Waals surface area contributed by atoms with Gasteiger partial charge in [0.05, 0.1) is 6.61 Å². The van der Waals surface area contributed by atoms with Crippen molar-refractivity contribution in [3.8, 4) is 0 Å². The zero-order valence-electron chi connectivity index (χ0n) is 10.9. The van der Waals surface area contributed by atoms with E-state index in [0.717, 1.165) is 6.07 Å². The van der Waals surface area contributed by atoms with Crippen LogP contribution in [0.3, 0.4) is 0 Å². The second kappa shape index (κ2) is 6.58. The van der Waals surface area contributed by atoms with E-state index >= 15 is 0 Å². The first-order chi connectivity index (χ1) is 9.01. The molecule has 4 nitrogen and oxygen atoms in total. The molecule has 106 valence electrons. The molecular weight excluding hydrogens is 256 g/mol. The van der Waals surface area contributed by atoms with Crippen LogP contribution in [0.15, 0.2) is 24.3 Å². The molecule has 1 rings (SSSR count). The molecular formula is C13H17F2NO3. The Morgan fingerprint density at radius 1 is 1.47 bits per heavy atom. The molecule has 1 aromatic rings.